The number of fused-ring (bicyclic) bond motifs is 1. The zero-order valence-electron chi connectivity index (χ0n) is 16.0. The van der Waals surface area contributed by atoms with E-state index in [1.807, 2.05) is 35.2 Å². The van der Waals surface area contributed by atoms with Crippen molar-refractivity contribution in [3.63, 3.8) is 0 Å². The third-order valence-electron chi connectivity index (χ3n) is 5.12. The van der Waals surface area contributed by atoms with Crippen molar-refractivity contribution in [1.29, 1.82) is 0 Å². The molecule has 1 N–H and O–H groups in total. The van der Waals surface area contributed by atoms with Crippen LogP contribution in [0, 0.1) is 0 Å². The second-order valence-corrected chi connectivity index (χ2v) is 7.09. The van der Waals surface area contributed by atoms with E-state index in [-0.39, 0.29) is 5.91 Å². The Morgan fingerprint density at radius 3 is 2.75 bits per heavy atom. The summed E-state index contributed by atoms with van der Waals surface area (Å²) in [6.45, 7) is 5.88. The molecule has 7 nitrogen and oxygen atoms in total. The fourth-order valence-electron chi connectivity index (χ4n) is 3.53. The number of benzene rings is 1. The Morgan fingerprint density at radius 2 is 1.93 bits per heavy atom. The van der Waals surface area contributed by atoms with E-state index in [1.165, 1.54) is 5.56 Å². The molecule has 1 aromatic carbocycles. The molecule has 2 aromatic rings. The first-order valence-corrected chi connectivity index (χ1v) is 9.77. The average Bonchev–Trinajstić information content (AvgIpc) is 3.20. The second-order valence-electron chi connectivity index (χ2n) is 7.09. The minimum Gasteiger partial charge on any atom is -0.454 e. The van der Waals surface area contributed by atoms with Gasteiger partial charge < -0.3 is 19.7 Å². The Morgan fingerprint density at radius 1 is 1.07 bits per heavy atom. The maximum atomic E-state index is 12.4. The summed E-state index contributed by atoms with van der Waals surface area (Å²) in [5, 5.41) is 3.29. The number of hydrogen-bond acceptors (Lipinski definition) is 6. The van der Waals surface area contributed by atoms with Gasteiger partial charge in [-0.15, -0.1) is 0 Å². The molecule has 2 aliphatic heterocycles. The Labute approximate surface area is 165 Å². The lowest BCUT2D eigenvalue weighted by molar-refractivity contribution is -0.132. The van der Waals surface area contributed by atoms with Crippen LogP contribution < -0.4 is 14.8 Å². The van der Waals surface area contributed by atoms with E-state index in [9.17, 15) is 4.79 Å². The lowest BCUT2D eigenvalue weighted by Gasteiger charge is -2.34. The van der Waals surface area contributed by atoms with Gasteiger partial charge in [-0.25, -0.2) is 0 Å². The molecular weight excluding hydrogens is 356 g/mol. The van der Waals surface area contributed by atoms with E-state index in [4.69, 9.17) is 9.47 Å². The van der Waals surface area contributed by atoms with Crippen molar-refractivity contribution in [2.75, 3.05) is 39.5 Å². The van der Waals surface area contributed by atoms with Gasteiger partial charge in [-0.1, -0.05) is 12.1 Å². The second kappa shape index (κ2) is 9.03. The monoisotopic (exact) mass is 382 g/mol. The Kier molecular flexibility index (Phi) is 6.04. The normalized spacial score (nSPS) is 16.4. The topological polar surface area (TPSA) is 66.9 Å². The zero-order chi connectivity index (χ0) is 19.2. The first-order valence-electron chi connectivity index (χ1n) is 9.77. The predicted octanol–water partition coefficient (Wildman–Crippen LogP) is 1.63. The van der Waals surface area contributed by atoms with Crippen LogP contribution >= 0.6 is 0 Å². The summed E-state index contributed by atoms with van der Waals surface area (Å²) in [6.07, 6.45) is 2.31. The number of hydrogen-bond donors (Lipinski definition) is 1. The summed E-state index contributed by atoms with van der Waals surface area (Å²) < 4.78 is 10.8. The van der Waals surface area contributed by atoms with Crippen LogP contribution in [0.5, 0.6) is 11.5 Å². The predicted molar refractivity (Wildman–Crippen MR) is 105 cm³/mol. The first kappa shape index (κ1) is 18.7. The van der Waals surface area contributed by atoms with Gasteiger partial charge in [-0.3, -0.25) is 14.7 Å². The van der Waals surface area contributed by atoms with Gasteiger partial charge >= 0.3 is 0 Å². The van der Waals surface area contributed by atoms with Crippen LogP contribution in [0.1, 0.15) is 17.7 Å². The number of nitrogens with zero attached hydrogens (tertiary/aromatic N) is 3. The summed E-state index contributed by atoms with van der Waals surface area (Å²) >= 11 is 0. The number of carbonyl (C=O) groups is 1. The number of aromatic nitrogens is 1. The molecule has 0 spiro atoms. The first-order chi connectivity index (χ1) is 13.8. The van der Waals surface area contributed by atoms with Gasteiger partial charge in [-0.05, 0) is 29.8 Å². The molecule has 0 unspecified atom stereocenters. The molecule has 0 atom stereocenters. The molecule has 0 saturated carbocycles. The van der Waals surface area contributed by atoms with Crippen molar-refractivity contribution in [2.24, 2.45) is 0 Å². The molecule has 0 aliphatic carbocycles. The standard InChI is InChI=1S/C21H26N4O3/c26-21(6-8-22-14-18-3-1-2-7-23-18)25-11-9-24(10-12-25)15-17-4-5-19-20(13-17)28-16-27-19/h1-5,7,13,22H,6,8-12,14-16H2. The maximum Gasteiger partial charge on any atom is 0.231 e. The van der Waals surface area contributed by atoms with Gasteiger partial charge in [-0.2, -0.15) is 0 Å². The molecule has 28 heavy (non-hydrogen) atoms. The summed E-state index contributed by atoms with van der Waals surface area (Å²) in [5.74, 6) is 1.86. The maximum absolute atomic E-state index is 12.4. The number of amides is 1. The molecule has 2 aliphatic rings. The lowest BCUT2D eigenvalue weighted by Crippen LogP contribution is -2.48. The zero-order valence-corrected chi connectivity index (χ0v) is 16.0. The lowest BCUT2D eigenvalue weighted by atomic mass is 10.1. The molecular formula is C21H26N4O3. The van der Waals surface area contributed by atoms with E-state index in [1.54, 1.807) is 6.20 Å². The molecule has 1 amide bonds. The van der Waals surface area contributed by atoms with Crippen LogP contribution in [0.25, 0.3) is 0 Å². The van der Waals surface area contributed by atoms with Crippen LogP contribution in [0.3, 0.4) is 0 Å². The van der Waals surface area contributed by atoms with Crippen molar-refractivity contribution in [2.45, 2.75) is 19.5 Å². The number of rotatable bonds is 7. The minimum atomic E-state index is 0.219. The van der Waals surface area contributed by atoms with Gasteiger partial charge in [0.1, 0.15) is 0 Å². The van der Waals surface area contributed by atoms with E-state index >= 15 is 0 Å². The van der Waals surface area contributed by atoms with Gasteiger partial charge in [0, 0.05) is 58.4 Å². The van der Waals surface area contributed by atoms with E-state index in [0.29, 0.717) is 26.3 Å². The molecule has 7 heteroatoms. The molecule has 0 bridgehead atoms. The van der Waals surface area contributed by atoms with Crippen molar-refractivity contribution in [1.82, 2.24) is 20.1 Å². The number of pyridine rings is 1. The molecule has 4 rings (SSSR count). The number of nitrogens with one attached hydrogen (secondary N) is 1. The smallest absolute Gasteiger partial charge is 0.231 e. The van der Waals surface area contributed by atoms with E-state index < -0.39 is 0 Å². The highest BCUT2D eigenvalue weighted by molar-refractivity contribution is 5.76. The third-order valence-corrected chi connectivity index (χ3v) is 5.12. The van der Waals surface area contributed by atoms with Gasteiger partial charge in [0.2, 0.25) is 12.7 Å². The summed E-state index contributed by atoms with van der Waals surface area (Å²) in [4.78, 5) is 21.0. The highest BCUT2D eigenvalue weighted by Crippen LogP contribution is 2.32. The number of ether oxygens (including phenoxy) is 2. The van der Waals surface area contributed by atoms with Crippen LogP contribution in [0.2, 0.25) is 0 Å². The van der Waals surface area contributed by atoms with Crippen LogP contribution in [0.15, 0.2) is 42.6 Å². The van der Waals surface area contributed by atoms with Crippen molar-refractivity contribution in [3.8, 4) is 11.5 Å². The third kappa shape index (κ3) is 4.79. The summed E-state index contributed by atoms with van der Waals surface area (Å²) in [5.41, 5.74) is 2.20. The number of carbonyl (C=O) groups excluding carboxylic acids is 1. The summed E-state index contributed by atoms with van der Waals surface area (Å²) in [6, 6.07) is 12.0. The highest BCUT2D eigenvalue weighted by Gasteiger charge is 2.21. The molecule has 3 heterocycles. The quantitative estimate of drug-likeness (QED) is 0.735. The largest absolute Gasteiger partial charge is 0.454 e. The van der Waals surface area contributed by atoms with Gasteiger partial charge in [0.15, 0.2) is 11.5 Å². The van der Waals surface area contributed by atoms with Crippen molar-refractivity contribution < 1.29 is 14.3 Å². The number of piperazine rings is 1. The Balaban J connectivity index is 1.16. The Bertz CT molecular complexity index is 791. The van der Waals surface area contributed by atoms with Crippen LogP contribution in [-0.2, 0) is 17.9 Å². The fourth-order valence-corrected chi connectivity index (χ4v) is 3.53. The summed E-state index contributed by atoms with van der Waals surface area (Å²) in [7, 11) is 0. The van der Waals surface area contributed by atoms with Crippen LogP contribution in [-0.4, -0.2) is 60.2 Å². The highest BCUT2D eigenvalue weighted by atomic mass is 16.7. The van der Waals surface area contributed by atoms with E-state index in [0.717, 1.165) is 49.9 Å². The van der Waals surface area contributed by atoms with Gasteiger partial charge in [0.05, 0.1) is 5.69 Å². The van der Waals surface area contributed by atoms with Gasteiger partial charge in [0.25, 0.3) is 0 Å². The van der Waals surface area contributed by atoms with Crippen molar-refractivity contribution >= 4 is 5.91 Å². The molecule has 1 aromatic heterocycles. The van der Waals surface area contributed by atoms with E-state index in [2.05, 4.69) is 21.3 Å². The Hall–Kier alpha value is -2.64. The molecule has 1 saturated heterocycles. The molecule has 1 fully saturated rings. The minimum absolute atomic E-state index is 0.219. The fraction of sp³-hybridized carbons (Fsp3) is 0.429. The average molecular weight is 382 g/mol. The SMILES string of the molecule is O=C(CCNCc1ccccn1)N1CCN(Cc2ccc3c(c2)OCO3)CC1. The van der Waals surface area contributed by atoms with Crippen LogP contribution in [0.4, 0.5) is 0 Å². The molecule has 148 valence electrons. The molecule has 0 radical (unpaired) electrons. The van der Waals surface area contributed by atoms with Crippen molar-refractivity contribution in [3.05, 3.63) is 53.9 Å².